The Morgan fingerprint density at radius 2 is 1.90 bits per heavy atom. The molecule has 1 aromatic heterocycles. The molecule has 21 heavy (non-hydrogen) atoms. The predicted molar refractivity (Wildman–Crippen MR) is 88.7 cm³/mol. The third-order valence-corrected chi connectivity index (χ3v) is 4.00. The molecule has 0 amide bonds. The van der Waals surface area contributed by atoms with E-state index in [0.29, 0.717) is 6.04 Å². The smallest absolute Gasteiger partial charge is 0.0596 e. The van der Waals surface area contributed by atoms with Gasteiger partial charge in [0.05, 0.1) is 5.69 Å². The zero-order valence-corrected chi connectivity index (χ0v) is 13.9. The molecule has 0 radical (unpaired) electrons. The van der Waals surface area contributed by atoms with E-state index in [9.17, 15) is 0 Å². The van der Waals surface area contributed by atoms with E-state index in [-0.39, 0.29) is 0 Å². The van der Waals surface area contributed by atoms with Crippen molar-refractivity contribution in [3.8, 4) is 0 Å². The molecule has 2 rings (SSSR count). The Bertz CT molecular complexity index is 599. The number of nitrogens with zero attached hydrogens (tertiary/aromatic N) is 2. The summed E-state index contributed by atoms with van der Waals surface area (Å²) >= 11 is 0. The number of hydrogen-bond acceptors (Lipinski definition) is 2. The third-order valence-electron chi connectivity index (χ3n) is 4.00. The molecule has 114 valence electrons. The minimum absolute atomic E-state index is 0.394. The van der Waals surface area contributed by atoms with Gasteiger partial charge in [-0.1, -0.05) is 23.8 Å². The van der Waals surface area contributed by atoms with Crippen LogP contribution in [-0.4, -0.2) is 16.3 Å². The topological polar surface area (TPSA) is 29.9 Å². The van der Waals surface area contributed by atoms with Crippen molar-refractivity contribution in [2.75, 3.05) is 6.54 Å². The number of benzene rings is 1. The highest BCUT2D eigenvalue weighted by atomic mass is 15.3. The summed E-state index contributed by atoms with van der Waals surface area (Å²) in [5.74, 6) is 0. The van der Waals surface area contributed by atoms with E-state index in [0.717, 1.165) is 25.2 Å². The Labute approximate surface area is 128 Å². The first-order valence-corrected chi connectivity index (χ1v) is 7.79. The summed E-state index contributed by atoms with van der Waals surface area (Å²) in [4.78, 5) is 0. The van der Waals surface area contributed by atoms with Crippen LogP contribution < -0.4 is 5.32 Å². The second-order valence-electron chi connectivity index (χ2n) is 6.04. The number of aromatic nitrogens is 2. The fraction of sp³-hybridized carbons (Fsp3) is 0.500. The van der Waals surface area contributed by atoms with Crippen LogP contribution in [0.1, 0.15) is 47.5 Å². The quantitative estimate of drug-likeness (QED) is 0.817. The molecule has 1 aromatic carbocycles. The van der Waals surface area contributed by atoms with Gasteiger partial charge in [-0.3, -0.25) is 4.68 Å². The van der Waals surface area contributed by atoms with Gasteiger partial charge in [0.2, 0.25) is 0 Å². The minimum atomic E-state index is 0.394. The molecule has 0 saturated heterocycles. The average molecular weight is 285 g/mol. The fourth-order valence-electron chi connectivity index (χ4n) is 2.79. The SMILES string of the molecule is Cc1ccc(C)c(C(C)NCCCn2nc(C)cc2C)c1. The third kappa shape index (κ3) is 4.18. The van der Waals surface area contributed by atoms with Crippen LogP contribution in [0, 0.1) is 27.7 Å². The van der Waals surface area contributed by atoms with Crippen molar-refractivity contribution < 1.29 is 0 Å². The van der Waals surface area contributed by atoms with E-state index >= 15 is 0 Å². The Balaban J connectivity index is 1.83. The van der Waals surface area contributed by atoms with E-state index in [1.54, 1.807) is 0 Å². The monoisotopic (exact) mass is 285 g/mol. The summed E-state index contributed by atoms with van der Waals surface area (Å²) in [6.07, 6.45) is 1.09. The fourth-order valence-corrected chi connectivity index (χ4v) is 2.79. The predicted octanol–water partition coefficient (Wildman–Crippen LogP) is 3.86. The maximum atomic E-state index is 4.50. The molecule has 0 saturated carbocycles. The molecule has 0 fully saturated rings. The Hall–Kier alpha value is -1.61. The normalized spacial score (nSPS) is 12.6. The molecule has 2 aromatic rings. The van der Waals surface area contributed by atoms with Crippen LogP contribution >= 0.6 is 0 Å². The second-order valence-corrected chi connectivity index (χ2v) is 6.04. The Morgan fingerprint density at radius 1 is 1.14 bits per heavy atom. The van der Waals surface area contributed by atoms with Crippen molar-refractivity contribution in [2.45, 2.75) is 53.6 Å². The van der Waals surface area contributed by atoms with Gasteiger partial charge in [0.1, 0.15) is 0 Å². The molecule has 1 atom stereocenters. The lowest BCUT2D eigenvalue weighted by atomic mass is 10.00. The highest BCUT2D eigenvalue weighted by molar-refractivity contribution is 5.32. The summed E-state index contributed by atoms with van der Waals surface area (Å²) in [5.41, 5.74) is 6.44. The molecule has 3 nitrogen and oxygen atoms in total. The van der Waals surface area contributed by atoms with Crippen molar-refractivity contribution in [3.63, 3.8) is 0 Å². The summed E-state index contributed by atoms with van der Waals surface area (Å²) in [6.45, 7) is 12.7. The van der Waals surface area contributed by atoms with Gasteiger partial charge >= 0.3 is 0 Å². The summed E-state index contributed by atoms with van der Waals surface area (Å²) in [7, 11) is 0. The van der Waals surface area contributed by atoms with Crippen LogP contribution in [0.5, 0.6) is 0 Å². The molecule has 0 bridgehead atoms. The van der Waals surface area contributed by atoms with Gasteiger partial charge in [0, 0.05) is 18.3 Å². The molecule has 1 N–H and O–H groups in total. The van der Waals surface area contributed by atoms with E-state index in [2.05, 4.69) is 67.1 Å². The van der Waals surface area contributed by atoms with Crippen molar-refractivity contribution >= 4 is 0 Å². The Morgan fingerprint density at radius 3 is 2.57 bits per heavy atom. The molecule has 0 aliphatic rings. The number of aryl methyl sites for hydroxylation is 5. The van der Waals surface area contributed by atoms with Crippen LogP contribution in [0.15, 0.2) is 24.3 Å². The zero-order chi connectivity index (χ0) is 15.4. The number of hydrogen-bond donors (Lipinski definition) is 1. The van der Waals surface area contributed by atoms with E-state index < -0.39 is 0 Å². The van der Waals surface area contributed by atoms with Gasteiger partial charge in [-0.15, -0.1) is 0 Å². The van der Waals surface area contributed by atoms with Crippen molar-refractivity contribution in [3.05, 3.63) is 52.3 Å². The molecular formula is C18H27N3. The average Bonchev–Trinajstić information content (AvgIpc) is 2.75. The first kappa shape index (κ1) is 15.8. The Kier molecular flexibility index (Phi) is 5.18. The molecule has 3 heteroatoms. The lowest BCUT2D eigenvalue weighted by Crippen LogP contribution is -2.22. The maximum Gasteiger partial charge on any atom is 0.0596 e. The zero-order valence-electron chi connectivity index (χ0n) is 13.9. The summed E-state index contributed by atoms with van der Waals surface area (Å²) in [5, 5.41) is 8.12. The second kappa shape index (κ2) is 6.90. The van der Waals surface area contributed by atoms with E-state index in [4.69, 9.17) is 0 Å². The van der Waals surface area contributed by atoms with Crippen LogP contribution in [0.3, 0.4) is 0 Å². The number of nitrogens with one attached hydrogen (secondary N) is 1. The van der Waals surface area contributed by atoms with Crippen LogP contribution in [-0.2, 0) is 6.54 Å². The number of rotatable bonds is 6. The van der Waals surface area contributed by atoms with Crippen LogP contribution in [0.2, 0.25) is 0 Å². The standard InChI is InChI=1S/C18H27N3/c1-13-7-8-14(2)18(11-13)17(5)19-9-6-10-21-16(4)12-15(3)20-21/h7-8,11-12,17,19H,6,9-10H2,1-5H3. The van der Waals surface area contributed by atoms with Gasteiger partial charge in [0.15, 0.2) is 0 Å². The van der Waals surface area contributed by atoms with Crippen molar-refractivity contribution in [1.29, 1.82) is 0 Å². The lowest BCUT2D eigenvalue weighted by molar-refractivity contribution is 0.499. The molecule has 1 heterocycles. The van der Waals surface area contributed by atoms with E-state index in [1.807, 2.05) is 6.92 Å². The highest BCUT2D eigenvalue weighted by Gasteiger charge is 2.08. The first-order chi connectivity index (χ1) is 9.97. The molecule has 1 unspecified atom stereocenters. The van der Waals surface area contributed by atoms with Gasteiger partial charge in [-0.2, -0.15) is 5.10 Å². The van der Waals surface area contributed by atoms with Crippen molar-refractivity contribution in [1.82, 2.24) is 15.1 Å². The van der Waals surface area contributed by atoms with Crippen molar-refractivity contribution in [2.24, 2.45) is 0 Å². The molecule has 0 aliphatic carbocycles. The minimum Gasteiger partial charge on any atom is -0.310 e. The molecule has 0 spiro atoms. The van der Waals surface area contributed by atoms with Gasteiger partial charge in [-0.05, 0) is 64.8 Å². The highest BCUT2D eigenvalue weighted by Crippen LogP contribution is 2.18. The maximum absolute atomic E-state index is 4.50. The molecular weight excluding hydrogens is 258 g/mol. The van der Waals surface area contributed by atoms with Gasteiger partial charge < -0.3 is 5.32 Å². The van der Waals surface area contributed by atoms with E-state index in [1.165, 1.54) is 22.4 Å². The first-order valence-electron chi connectivity index (χ1n) is 7.79. The lowest BCUT2D eigenvalue weighted by Gasteiger charge is -2.17. The van der Waals surface area contributed by atoms with Crippen LogP contribution in [0.25, 0.3) is 0 Å². The summed E-state index contributed by atoms with van der Waals surface area (Å²) < 4.78 is 2.10. The summed E-state index contributed by atoms with van der Waals surface area (Å²) in [6, 6.07) is 9.19. The van der Waals surface area contributed by atoms with Gasteiger partial charge in [-0.25, -0.2) is 0 Å². The largest absolute Gasteiger partial charge is 0.310 e. The van der Waals surface area contributed by atoms with Gasteiger partial charge in [0.25, 0.3) is 0 Å². The molecule has 0 aliphatic heterocycles. The van der Waals surface area contributed by atoms with Crippen LogP contribution in [0.4, 0.5) is 0 Å².